The predicted molar refractivity (Wildman–Crippen MR) is 118 cm³/mol. The van der Waals surface area contributed by atoms with E-state index in [1.165, 1.54) is 5.56 Å². The summed E-state index contributed by atoms with van der Waals surface area (Å²) in [5, 5.41) is 22.9. The smallest absolute Gasteiger partial charge is 0.133 e. The molecule has 3 heterocycles. The molecule has 1 atom stereocenters. The van der Waals surface area contributed by atoms with Gasteiger partial charge in [0.1, 0.15) is 17.6 Å². The van der Waals surface area contributed by atoms with Gasteiger partial charge in [0.15, 0.2) is 0 Å². The highest BCUT2D eigenvalue weighted by Crippen LogP contribution is 2.41. The number of aromatic nitrogens is 2. The largest absolute Gasteiger partial charge is 0.493 e. The Morgan fingerprint density at radius 2 is 2.16 bits per heavy atom. The topological polar surface area (TPSA) is 91.1 Å². The number of rotatable bonds is 4. The second kappa shape index (κ2) is 7.68. The van der Waals surface area contributed by atoms with E-state index in [4.69, 9.17) is 9.72 Å². The number of nitrogens with zero attached hydrogens (tertiary/aromatic N) is 3. The van der Waals surface area contributed by atoms with Gasteiger partial charge in [-0.25, -0.2) is 9.97 Å². The molecule has 0 fully saturated rings. The van der Waals surface area contributed by atoms with E-state index in [1.54, 1.807) is 6.20 Å². The van der Waals surface area contributed by atoms with E-state index in [0.717, 1.165) is 59.1 Å². The van der Waals surface area contributed by atoms with Gasteiger partial charge in [-0.3, -0.25) is 0 Å². The Kier molecular flexibility index (Phi) is 4.84. The van der Waals surface area contributed by atoms with Gasteiger partial charge in [-0.1, -0.05) is 19.1 Å². The summed E-state index contributed by atoms with van der Waals surface area (Å²) in [6.45, 7) is 3.40. The van der Waals surface area contributed by atoms with Gasteiger partial charge in [-0.15, -0.1) is 0 Å². The zero-order chi connectivity index (χ0) is 21.4. The van der Waals surface area contributed by atoms with Crippen molar-refractivity contribution in [3.05, 3.63) is 70.7 Å². The lowest BCUT2D eigenvalue weighted by atomic mass is 9.83. The Hall–Kier alpha value is -3.43. The van der Waals surface area contributed by atoms with Crippen LogP contribution >= 0.6 is 0 Å². The molecule has 6 heteroatoms. The van der Waals surface area contributed by atoms with E-state index >= 15 is 0 Å². The number of aryl methyl sites for hydroxylation is 1. The minimum absolute atomic E-state index is 0.0123. The molecule has 3 aromatic rings. The highest BCUT2D eigenvalue weighted by atomic mass is 16.5. The van der Waals surface area contributed by atoms with E-state index in [1.807, 2.05) is 31.2 Å². The first kappa shape index (κ1) is 19.5. The number of benzene rings is 2. The molecule has 31 heavy (non-hydrogen) atoms. The number of nitriles is 1. The molecule has 156 valence electrons. The molecule has 5 rings (SSSR count). The maximum atomic E-state index is 9.93. The van der Waals surface area contributed by atoms with E-state index in [0.29, 0.717) is 18.5 Å². The quantitative estimate of drug-likeness (QED) is 0.680. The van der Waals surface area contributed by atoms with Crippen LogP contribution in [0.5, 0.6) is 5.75 Å². The Bertz CT molecular complexity index is 1200. The number of ether oxygens (including phenoxy) is 1. The van der Waals surface area contributed by atoms with E-state index < -0.39 is 5.41 Å². The first-order chi connectivity index (χ1) is 15.1. The van der Waals surface area contributed by atoms with Crippen molar-refractivity contribution in [3.8, 4) is 23.1 Å². The molecule has 1 unspecified atom stereocenters. The predicted octanol–water partition coefficient (Wildman–Crippen LogP) is 3.61. The molecule has 2 N–H and O–H groups in total. The lowest BCUT2D eigenvalue weighted by Crippen LogP contribution is -2.28. The fourth-order valence-electron chi connectivity index (χ4n) is 4.42. The zero-order valence-corrected chi connectivity index (χ0v) is 17.5. The molecule has 0 saturated heterocycles. The van der Waals surface area contributed by atoms with Crippen molar-refractivity contribution in [2.24, 2.45) is 0 Å². The molecule has 2 aliphatic rings. The van der Waals surface area contributed by atoms with Gasteiger partial charge in [0.2, 0.25) is 0 Å². The average molecular weight is 412 g/mol. The Morgan fingerprint density at radius 1 is 1.26 bits per heavy atom. The molecular formula is C25H24N4O2. The highest BCUT2D eigenvalue weighted by Gasteiger charge is 2.35. The summed E-state index contributed by atoms with van der Waals surface area (Å²) in [7, 11) is 0. The van der Waals surface area contributed by atoms with Crippen molar-refractivity contribution in [2.75, 3.05) is 25.1 Å². The van der Waals surface area contributed by atoms with Gasteiger partial charge in [0.05, 0.1) is 30.2 Å². The van der Waals surface area contributed by atoms with E-state index in [2.05, 4.69) is 28.5 Å². The van der Waals surface area contributed by atoms with E-state index in [9.17, 15) is 10.4 Å². The molecule has 0 radical (unpaired) electrons. The van der Waals surface area contributed by atoms with Crippen LogP contribution in [0.4, 0.5) is 5.69 Å². The molecule has 0 aliphatic carbocycles. The van der Waals surface area contributed by atoms with Crippen LogP contribution in [0.1, 0.15) is 41.4 Å². The third-order valence-corrected chi connectivity index (χ3v) is 6.25. The molecule has 0 spiro atoms. The molecule has 2 aromatic carbocycles. The van der Waals surface area contributed by atoms with Crippen LogP contribution in [-0.4, -0.2) is 34.8 Å². The fourth-order valence-corrected chi connectivity index (χ4v) is 4.42. The van der Waals surface area contributed by atoms with Crippen LogP contribution < -0.4 is 10.1 Å². The fraction of sp³-hybridized carbons (Fsp3) is 0.320. The average Bonchev–Trinajstić information content (AvgIpc) is 3.16. The van der Waals surface area contributed by atoms with Crippen molar-refractivity contribution >= 4 is 5.69 Å². The van der Waals surface area contributed by atoms with Gasteiger partial charge >= 0.3 is 0 Å². The Balaban J connectivity index is 1.49. The SMILES string of the molecule is CC1(CO)CNc2c(C#N)cc(-c3ccnc(Cc4ccc5c(c4)CCCO5)n3)cc21. The summed E-state index contributed by atoms with van der Waals surface area (Å²) in [5.41, 5.74) is 5.96. The van der Waals surface area contributed by atoms with Gasteiger partial charge in [0.25, 0.3) is 0 Å². The number of hydrogen-bond donors (Lipinski definition) is 2. The van der Waals surface area contributed by atoms with E-state index in [-0.39, 0.29) is 6.61 Å². The lowest BCUT2D eigenvalue weighted by molar-refractivity contribution is 0.219. The number of nitrogens with one attached hydrogen (secondary N) is 1. The highest BCUT2D eigenvalue weighted by molar-refractivity contribution is 5.76. The molecule has 0 saturated carbocycles. The Labute approximate surface area is 181 Å². The number of anilines is 1. The summed E-state index contributed by atoms with van der Waals surface area (Å²) < 4.78 is 5.71. The minimum atomic E-state index is -0.419. The maximum absolute atomic E-state index is 9.93. The van der Waals surface area contributed by atoms with Crippen LogP contribution in [0.2, 0.25) is 0 Å². The van der Waals surface area contributed by atoms with Crippen molar-refractivity contribution < 1.29 is 9.84 Å². The van der Waals surface area contributed by atoms with Crippen LogP contribution in [0.15, 0.2) is 42.6 Å². The van der Waals surface area contributed by atoms with Crippen LogP contribution in [0, 0.1) is 11.3 Å². The maximum Gasteiger partial charge on any atom is 0.133 e. The number of aliphatic hydroxyl groups excluding tert-OH is 1. The summed E-state index contributed by atoms with van der Waals surface area (Å²) in [4.78, 5) is 9.26. The first-order valence-corrected chi connectivity index (χ1v) is 10.6. The van der Waals surface area contributed by atoms with Gasteiger partial charge in [0, 0.05) is 30.1 Å². The zero-order valence-electron chi connectivity index (χ0n) is 17.5. The number of aliphatic hydroxyl groups is 1. The standard InChI is InChI=1S/C25H24N4O2/c1-25(15-30)14-28-24-19(13-26)11-18(12-20(24)25)21-6-7-27-23(29-21)10-16-4-5-22-17(9-16)3-2-8-31-22/h4-7,9,11-12,28,30H,2-3,8,10,14-15H2,1H3. The summed E-state index contributed by atoms with van der Waals surface area (Å²) >= 11 is 0. The van der Waals surface area contributed by atoms with Crippen LogP contribution in [0.25, 0.3) is 11.3 Å². The van der Waals surface area contributed by atoms with Crippen molar-refractivity contribution in [2.45, 2.75) is 31.6 Å². The first-order valence-electron chi connectivity index (χ1n) is 10.6. The second-order valence-corrected chi connectivity index (χ2v) is 8.56. The van der Waals surface area contributed by atoms with Crippen LogP contribution in [-0.2, 0) is 18.3 Å². The molecule has 0 bridgehead atoms. The Morgan fingerprint density at radius 3 is 3.00 bits per heavy atom. The van der Waals surface area contributed by atoms with Crippen molar-refractivity contribution in [1.29, 1.82) is 5.26 Å². The third kappa shape index (κ3) is 3.51. The molecular weight excluding hydrogens is 388 g/mol. The van der Waals surface area contributed by atoms with Crippen molar-refractivity contribution in [1.82, 2.24) is 9.97 Å². The number of fused-ring (bicyclic) bond motifs is 2. The molecule has 2 aliphatic heterocycles. The monoisotopic (exact) mass is 412 g/mol. The van der Waals surface area contributed by atoms with Crippen LogP contribution in [0.3, 0.4) is 0 Å². The lowest BCUT2D eigenvalue weighted by Gasteiger charge is -2.21. The summed E-state index contributed by atoms with van der Waals surface area (Å²) in [5.74, 6) is 1.71. The summed E-state index contributed by atoms with van der Waals surface area (Å²) in [6, 6.07) is 14.3. The molecule has 0 amide bonds. The van der Waals surface area contributed by atoms with Gasteiger partial charge < -0.3 is 15.2 Å². The number of hydrogen-bond acceptors (Lipinski definition) is 6. The molecule has 1 aromatic heterocycles. The normalized spacial score (nSPS) is 19.0. The van der Waals surface area contributed by atoms with Gasteiger partial charge in [-0.05, 0) is 53.8 Å². The minimum Gasteiger partial charge on any atom is -0.493 e. The second-order valence-electron chi connectivity index (χ2n) is 8.56. The van der Waals surface area contributed by atoms with Gasteiger partial charge in [-0.2, -0.15) is 5.26 Å². The third-order valence-electron chi connectivity index (χ3n) is 6.25. The molecule has 6 nitrogen and oxygen atoms in total. The van der Waals surface area contributed by atoms with Crippen molar-refractivity contribution in [3.63, 3.8) is 0 Å². The summed E-state index contributed by atoms with van der Waals surface area (Å²) in [6.07, 6.45) is 4.48.